The lowest BCUT2D eigenvalue weighted by Crippen LogP contribution is -2.35. The van der Waals surface area contributed by atoms with Gasteiger partial charge in [0.15, 0.2) is 0 Å². The maximum Gasteiger partial charge on any atom is 0.295 e. The number of carbonyl (C=O) groups is 2. The molecule has 2 aromatic carbocycles. The summed E-state index contributed by atoms with van der Waals surface area (Å²) in [5.41, 5.74) is 0.942. The first kappa shape index (κ1) is 24.5. The number of amides is 1. The van der Waals surface area contributed by atoms with Crippen molar-refractivity contribution in [2.24, 2.45) is 0 Å². The van der Waals surface area contributed by atoms with Gasteiger partial charge >= 0.3 is 0 Å². The van der Waals surface area contributed by atoms with E-state index in [0.29, 0.717) is 31.0 Å². The van der Waals surface area contributed by atoms with Crippen LogP contribution in [0.15, 0.2) is 54.1 Å². The first-order valence-corrected chi connectivity index (χ1v) is 11.2. The second-order valence-corrected chi connectivity index (χ2v) is 8.43. The lowest BCUT2D eigenvalue weighted by Gasteiger charge is -2.27. The largest absolute Gasteiger partial charge is 0.507 e. The number of ketones is 1. The van der Waals surface area contributed by atoms with Crippen LogP contribution in [0.1, 0.15) is 43.4 Å². The van der Waals surface area contributed by atoms with Crippen molar-refractivity contribution in [2.75, 3.05) is 33.8 Å². The van der Waals surface area contributed by atoms with Gasteiger partial charge in [0.2, 0.25) is 0 Å². The van der Waals surface area contributed by atoms with Crippen LogP contribution in [0.25, 0.3) is 5.76 Å². The van der Waals surface area contributed by atoms with Crippen LogP contribution in [0.3, 0.4) is 0 Å². The Labute approximate surface area is 194 Å². The molecule has 1 heterocycles. The number of halogens is 1. The summed E-state index contributed by atoms with van der Waals surface area (Å²) < 4.78 is 19.3. The number of aliphatic hydroxyl groups excluding tert-OH is 1. The monoisotopic (exact) mass is 454 g/mol. The average molecular weight is 455 g/mol. The molecule has 0 saturated carbocycles. The lowest BCUT2D eigenvalue weighted by molar-refractivity contribution is -0.140. The Morgan fingerprint density at radius 3 is 2.52 bits per heavy atom. The summed E-state index contributed by atoms with van der Waals surface area (Å²) in [5.74, 6) is -1.55. The first-order valence-electron chi connectivity index (χ1n) is 11.2. The summed E-state index contributed by atoms with van der Waals surface area (Å²) in [6, 6.07) is 11.7. The molecule has 176 valence electrons. The van der Waals surface area contributed by atoms with Crippen molar-refractivity contribution in [3.63, 3.8) is 0 Å². The molecule has 3 rings (SSSR count). The van der Waals surface area contributed by atoms with Crippen molar-refractivity contribution in [1.29, 1.82) is 0 Å². The number of carbonyl (C=O) groups excluding carboxylic acids is 2. The van der Waals surface area contributed by atoms with Crippen LogP contribution < -0.4 is 4.74 Å². The smallest absolute Gasteiger partial charge is 0.295 e. The maximum atomic E-state index is 13.4. The first-order chi connectivity index (χ1) is 15.8. The zero-order valence-corrected chi connectivity index (χ0v) is 19.4. The summed E-state index contributed by atoms with van der Waals surface area (Å²) in [5, 5.41) is 11.0. The van der Waals surface area contributed by atoms with Gasteiger partial charge < -0.3 is 19.6 Å². The summed E-state index contributed by atoms with van der Waals surface area (Å²) in [6.07, 6.45) is 3.10. The van der Waals surface area contributed by atoms with Gasteiger partial charge in [-0.15, -0.1) is 0 Å². The predicted molar refractivity (Wildman–Crippen MR) is 125 cm³/mol. The third-order valence-electron chi connectivity index (χ3n) is 5.64. The minimum Gasteiger partial charge on any atom is -0.507 e. The van der Waals surface area contributed by atoms with Gasteiger partial charge in [-0.05, 0) is 62.5 Å². The molecule has 7 heteroatoms. The number of likely N-dealkylation sites (N-methyl/N-ethyl adjacent to an activating group) is 1. The molecule has 1 aliphatic rings. The number of likely N-dealkylation sites (tertiary alicyclic amines) is 1. The van der Waals surface area contributed by atoms with Crippen LogP contribution in [0, 0.1) is 5.82 Å². The average Bonchev–Trinajstić information content (AvgIpc) is 3.05. The zero-order valence-electron chi connectivity index (χ0n) is 19.4. The molecule has 1 amide bonds. The third-order valence-corrected chi connectivity index (χ3v) is 5.64. The molecule has 1 fully saturated rings. The molecule has 6 nitrogen and oxygen atoms in total. The Hall–Kier alpha value is -3.19. The van der Waals surface area contributed by atoms with Crippen molar-refractivity contribution in [2.45, 2.75) is 32.2 Å². The number of Topliss-reactive ketones (excluding diaryl/α,β-unsaturated/α-hetero) is 1. The fraction of sp³-hybridized carbons (Fsp3) is 0.385. The van der Waals surface area contributed by atoms with E-state index in [9.17, 15) is 19.1 Å². The molecule has 1 N–H and O–H groups in total. The number of hydrogen-bond donors (Lipinski definition) is 1. The number of ether oxygens (including phenoxy) is 1. The summed E-state index contributed by atoms with van der Waals surface area (Å²) in [7, 11) is 3.77. The quantitative estimate of drug-likeness (QED) is 0.250. The number of aliphatic hydroxyl groups is 1. The second kappa shape index (κ2) is 11.1. The second-order valence-electron chi connectivity index (χ2n) is 8.43. The molecule has 0 bridgehead atoms. The third kappa shape index (κ3) is 5.79. The van der Waals surface area contributed by atoms with E-state index in [1.54, 1.807) is 0 Å². The van der Waals surface area contributed by atoms with E-state index in [-0.39, 0.29) is 16.9 Å². The predicted octanol–water partition coefficient (Wildman–Crippen LogP) is 4.38. The molecule has 1 unspecified atom stereocenters. The molecule has 0 aromatic heterocycles. The molecule has 2 aromatic rings. The Morgan fingerprint density at radius 2 is 1.85 bits per heavy atom. The summed E-state index contributed by atoms with van der Waals surface area (Å²) >= 11 is 0. The fourth-order valence-corrected chi connectivity index (χ4v) is 3.84. The Morgan fingerprint density at radius 1 is 1.12 bits per heavy atom. The van der Waals surface area contributed by atoms with Crippen LogP contribution in [0.4, 0.5) is 4.39 Å². The number of unbranched alkanes of at least 4 members (excludes halogenated alkanes) is 2. The Bertz CT molecular complexity index is 1020. The van der Waals surface area contributed by atoms with Gasteiger partial charge in [-0.3, -0.25) is 9.59 Å². The maximum absolute atomic E-state index is 13.4. The van der Waals surface area contributed by atoms with Gasteiger partial charge in [-0.2, -0.15) is 0 Å². The van der Waals surface area contributed by atoms with Crippen molar-refractivity contribution in [1.82, 2.24) is 9.80 Å². The zero-order chi connectivity index (χ0) is 24.0. The highest BCUT2D eigenvalue weighted by Crippen LogP contribution is 2.40. The molecule has 0 aliphatic carbocycles. The minimum atomic E-state index is -0.769. The van der Waals surface area contributed by atoms with Crippen LogP contribution in [0.2, 0.25) is 0 Å². The SMILES string of the molecule is CCCCCOc1cccc(C2/C(=C(\O)c3ccc(F)cc3)C(=O)C(=O)N2CCN(C)C)c1. The minimum absolute atomic E-state index is 0.00602. The van der Waals surface area contributed by atoms with Gasteiger partial charge in [-0.1, -0.05) is 31.9 Å². The van der Waals surface area contributed by atoms with Crippen molar-refractivity contribution < 1.29 is 23.8 Å². The van der Waals surface area contributed by atoms with Crippen LogP contribution >= 0.6 is 0 Å². The van der Waals surface area contributed by atoms with Crippen LogP contribution in [-0.4, -0.2) is 60.4 Å². The van der Waals surface area contributed by atoms with Crippen molar-refractivity contribution in [3.05, 3.63) is 71.0 Å². The molecule has 0 spiro atoms. The molecule has 33 heavy (non-hydrogen) atoms. The van der Waals surface area contributed by atoms with E-state index < -0.39 is 23.5 Å². The Kier molecular flexibility index (Phi) is 8.22. The number of hydrogen-bond acceptors (Lipinski definition) is 5. The summed E-state index contributed by atoms with van der Waals surface area (Å²) in [4.78, 5) is 29.4. The molecular formula is C26H31FN2O4. The van der Waals surface area contributed by atoms with Gasteiger partial charge in [0.25, 0.3) is 11.7 Å². The van der Waals surface area contributed by atoms with Gasteiger partial charge in [-0.25, -0.2) is 4.39 Å². The normalized spacial score (nSPS) is 17.7. The fourth-order valence-electron chi connectivity index (χ4n) is 3.84. The molecule has 1 saturated heterocycles. The van der Waals surface area contributed by atoms with E-state index in [1.165, 1.54) is 29.2 Å². The highest BCUT2D eigenvalue weighted by atomic mass is 19.1. The van der Waals surface area contributed by atoms with Crippen molar-refractivity contribution >= 4 is 17.4 Å². The van der Waals surface area contributed by atoms with Gasteiger partial charge in [0.1, 0.15) is 17.3 Å². The molecular weight excluding hydrogens is 423 g/mol. The van der Waals surface area contributed by atoms with E-state index >= 15 is 0 Å². The van der Waals surface area contributed by atoms with Gasteiger partial charge in [0, 0.05) is 18.7 Å². The molecule has 0 radical (unpaired) electrons. The highest BCUT2D eigenvalue weighted by molar-refractivity contribution is 6.46. The standard InChI is InChI=1S/C26H31FN2O4/c1-4-5-6-16-33-21-9-7-8-19(17-21)23-22(24(30)18-10-12-20(27)13-11-18)25(31)26(32)29(23)15-14-28(2)3/h7-13,17,23,30H,4-6,14-16H2,1-3H3/b24-22+. The Balaban J connectivity index is 2.03. The van der Waals surface area contributed by atoms with E-state index in [2.05, 4.69) is 6.92 Å². The highest BCUT2D eigenvalue weighted by Gasteiger charge is 2.46. The van der Waals surface area contributed by atoms with Gasteiger partial charge in [0.05, 0.1) is 18.2 Å². The van der Waals surface area contributed by atoms with Crippen LogP contribution in [-0.2, 0) is 9.59 Å². The van der Waals surface area contributed by atoms with E-state index in [1.807, 2.05) is 43.3 Å². The van der Waals surface area contributed by atoms with E-state index in [4.69, 9.17) is 4.74 Å². The van der Waals surface area contributed by atoms with Crippen molar-refractivity contribution in [3.8, 4) is 5.75 Å². The lowest BCUT2D eigenvalue weighted by atomic mass is 9.95. The number of nitrogens with zero attached hydrogens (tertiary/aromatic N) is 2. The molecule has 1 atom stereocenters. The van der Waals surface area contributed by atoms with E-state index in [0.717, 1.165) is 19.3 Å². The number of rotatable bonds is 10. The van der Waals surface area contributed by atoms with Crippen LogP contribution in [0.5, 0.6) is 5.75 Å². The topological polar surface area (TPSA) is 70.1 Å². The summed E-state index contributed by atoms with van der Waals surface area (Å²) in [6.45, 7) is 3.56. The number of benzene rings is 2. The molecule has 1 aliphatic heterocycles.